The second kappa shape index (κ2) is 5.90. The first-order valence-corrected chi connectivity index (χ1v) is 5.80. The number of nitrogens with two attached hydrogens (primary N) is 1. The predicted octanol–water partition coefficient (Wildman–Crippen LogP) is 2.21. The molecular formula is C10H11BrF2N2O2. The monoisotopic (exact) mass is 308 g/mol. The molecule has 1 aromatic rings. The predicted molar refractivity (Wildman–Crippen MR) is 62.0 cm³/mol. The van der Waals surface area contributed by atoms with Gasteiger partial charge >= 0.3 is 5.97 Å². The third-order valence-electron chi connectivity index (χ3n) is 2.26. The van der Waals surface area contributed by atoms with Crippen molar-refractivity contribution >= 4 is 27.7 Å². The molecule has 2 N–H and O–H groups in total. The third-order valence-corrected chi connectivity index (χ3v) is 2.82. The Bertz CT molecular complexity index is 427. The smallest absolute Gasteiger partial charge is 0.310 e. The average molecular weight is 309 g/mol. The van der Waals surface area contributed by atoms with E-state index in [9.17, 15) is 13.6 Å². The number of alkyl halides is 3. The summed E-state index contributed by atoms with van der Waals surface area (Å²) in [6.45, 7) is 0. The molecule has 0 aromatic carbocycles. The van der Waals surface area contributed by atoms with Crippen LogP contribution in [0.5, 0.6) is 0 Å². The first kappa shape index (κ1) is 13.8. The van der Waals surface area contributed by atoms with Gasteiger partial charge < -0.3 is 10.5 Å². The second-order valence-electron chi connectivity index (χ2n) is 3.25. The lowest BCUT2D eigenvalue weighted by Crippen LogP contribution is -2.11. The van der Waals surface area contributed by atoms with E-state index in [0.29, 0.717) is 5.56 Å². The number of carbonyl (C=O) groups excluding carboxylic acids is 1. The number of methoxy groups -OCH3 is 1. The highest BCUT2D eigenvalue weighted by molar-refractivity contribution is 9.08. The summed E-state index contributed by atoms with van der Waals surface area (Å²) in [5, 5.41) is 0.172. The van der Waals surface area contributed by atoms with E-state index in [1.165, 1.54) is 13.3 Å². The Morgan fingerprint density at radius 2 is 2.29 bits per heavy atom. The Balaban J connectivity index is 3.23. The second-order valence-corrected chi connectivity index (χ2v) is 3.81. The van der Waals surface area contributed by atoms with Gasteiger partial charge in [-0.3, -0.25) is 4.79 Å². The van der Waals surface area contributed by atoms with E-state index in [4.69, 9.17) is 5.73 Å². The van der Waals surface area contributed by atoms with E-state index < -0.39 is 12.4 Å². The SMILES string of the molecule is COC(=O)Cc1cnc(N)c(C(F)F)c1CBr. The lowest BCUT2D eigenvalue weighted by Gasteiger charge is -2.13. The summed E-state index contributed by atoms with van der Waals surface area (Å²) in [5.74, 6) is -0.734. The van der Waals surface area contributed by atoms with Gasteiger partial charge in [-0.15, -0.1) is 0 Å². The van der Waals surface area contributed by atoms with Crippen LogP contribution in [-0.2, 0) is 21.3 Å². The number of halogens is 3. The maximum Gasteiger partial charge on any atom is 0.310 e. The molecule has 0 spiro atoms. The summed E-state index contributed by atoms with van der Waals surface area (Å²) in [4.78, 5) is 14.8. The zero-order valence-electron chi connectivity index (χ0n) is 9.04. The van der Waals surface area contributed by atoms with Gasteiger partial charge in [0.2, 0.25) is 0 Å². The number of nitrogen functional groups attached to an aromatic ring is 1. The number of aromatic nitrogens is 1. The van der Waals surface area contributed by atoms with Crippen LogP contribution >= 0.6 is 15.9 Å². The first-order chi connectivity index (χ1) is 8.01. The molecule has 0 aliphatic rings. The zero-order valence-corrected chi connectivity index (χ0v) is 10.6. The van der Waals surface area contributed by atoms with E-state index >= 15 is 0 Å². The number of carbonyl (C=O) groups is 1. The first-order valence-electron chi connectivity index (χ1n) is 4.68. The van der Waals surface area contributed by atoms with Gasteiger partial charge in [0.1, 0.15) is 5.82 Å². The number of esters is 1. The molecule has 94 valence electrons. The molecule has 0 bridgehead atoms. The molecule has 0 fully saturated rings. The van der Waals surface area contributed by atoms with Crippen molar-refractivity contribution in [1.82, 2.24) is 4.98 Å². The van der Waals surface area contributed by atoms with Gasteiger partial charge in [-0.1, -0.05) is 15.9 Å². The highest BCUT2D eigenvalue weighted by atomic mass is 79.9. The van der Waals surface area contributed by atoms with Crippen molar-refractivity contribution in [2.75, 3.05) is 12.8 Å². The molecule has 0 aliphatic carbocycles. The summed E-state index contributed by atoms with van der Waals surface area (Å²) in [6, 6.07) is 0. The van der Waals surface area contributed by atoms with E-state index in [0.717, 1.165) is 0 Å². The maximum absolute atomic E-state index is 12.8. The van der Waals surface area contributed by atoms with Gasteiger partial charge in [0.15, 0.2) is 0 Å². The molecule has 0 unspecified atom stereocenters. The van der Waals surface area contributed by atoms with Gasteiger partial charge in [0, 0.05) is 11.5 Å². The minimum atomic E-state index is -2.73. The van der Waals surface area contributed by atoms with Crippen LogP contribution in [0.2, 0.25) is 0 Å². The number of ether oxygens (including phenoxy) is 1. The largest absolute Gasteiger partial charge is 0.469 e. The Morgan fingerprint density at radius 3 is 2.76 bits per heavy atom. The maximum atomic E-state index is 12.8. The standard InChI is InChI=1S/C10H11BrF2N2O2/c1-17-7(16)2-5-4-15-10(14)8(9(12)13)6(5)3-11/h4,9H,2-3H2,1H3,(H2,14,15). The number of rotatable bonds is 4. The molecule has 1 aromatic heterocycles. The highest BCUT2D eigenvalue weighted by Crippen LogP contribution is 2.31. The fourth-order valence-corrected chi connectivity index (χ4v) is 2.07. The van der Waals surface area contributed by atoms with E-state index in [-0.39, 0.29) is 28.7 Å². The minimum Gasteiger partial charge on any atom is -0.469 e. The summed E-state index contributed by atoms with van der Waals surface area (Å²) < 4.78 is 30.1. The van der Waals surface area contributed by atoms with Crippen LogP contribution in [0.15, 0.2) is 6.20 Å². The van der Waals surface area contributed by atoms with Crippen molar-refractivity contribution in [3.8, 4) is 0 Å². The molecule has 1 heterocycles. The fourth-order valence-electron chi connectivity index (χ4n) is 1.40. The van der Waals surface area contributed by atoms with Crippen LogP contribution < -0.4 is 5.73 Å². The third kappa shape index (κ3) is 3.12. The number of pyridine rings is 1. The molecule has 0 saturated carbocycles. The van der Waals surface area contributed by atoms with Crippen LogP contribution in [0.25, 0.3) is 0 Å². The molecule has 0 saturated heterocycles. The molecule has 0 aliphatic heterocycles. The van der Waals surface area contributed by atoms with Crippen molar-refractivity contribution in [1.29, 1.82) is 0 Å². The molecule has 7 heteroatoms. The molecule has 17 heavy (non-hydrogen) atoms. The van der Waals surface area contributed by atoms with Crippen molar-refractivity contribution in [3.63, 3.8) is 0 Å². The van der Waals surface area contributed by atoms with Crippen LogP contribution in [0.4, 0.5) is 14.6 Å². The van der Waals surface area contributed by atoms with Crippen molar-refractivity contribution in [2.45, 2.75) is 18.2 Å². The van der Waals surface area contributed by atoms with Crippen LogP contribution in [0, 0.1) is 0 Å². The normalized spacial score (nSPS) is 10.6. The van der Waals surface area contributed by atoms with E-state index in [1.807, 2.05) is 0 Å². The zero-order chi connectivity index (χ0) is 13.0. The Kier molecular flexibility index (Phi) is 4.80. The summed E-state index contributed by atoms with van der Waals surface area (Å²) in [5.41, 5.74) is 5.75. The summed E-state index contributed by atoms with van der Waals surface area (Å²) in [7, 11) is 1.23. The highest BCUT2D eigenvalue weighted by Gasteiger charge is 2.21. The van der Waals surface area contributed by atoms with Gasteiger partial charge in [0.25, 0.3) is 6.43 Å². The topological polar surface area (TPSA) is 65.2 Å². The molecule has 0 radical (unpaired) electrons. The molecule has 0 amide bonds. The van der Waals surface area contributed by atoms with Gasteiger partial charge in [-0.05, 0) is 11.1 Å². The Labute approximate surface area is 105 Å². The summed E-state index contributed by atoms with van der Waals surface area (Å²) >= 11 is 3.10. The van der Waals surface area contributed by atoms with Gasteiger partial charge in [-0.2, -0.15) is 0 Å². The van der Waals surface area contributed by atoms with Gasteiger partial charge in [-0.25, -0.2) is 13.8 Å². The average Bonchev–Trinajstić information content (AvgIpc) is 2.30. The fraction of sp³-hybridized carbons (Fsp3) is 0.400. The van der Waals surface area contributed by atoms with Crippen LogP contribution in [0.1, 0.15) is 23.1 Å². The molecule has 0 atom stereocenters. The molecule has 4 nitrogen and oxygen atoms in total. The molecular weight excluding hydrogens is 298 g/mol. The summed E-state index contributed by atoms with van der Waals surface area (Å²) in [6.07, 6.45) is -1.52. The number of hydrogen-bond acceptors (Lipinski definition) is 4. The lowest BCUT2D eigenvalue weighted by atomic mass is 10.0. The Hall–Kier alpha value is -1.24. The van der Waals surface area contributed by atoms with E-state index in [2.05, 4.69) is 25.7 Å². The number of anilines is 1. The van der Waals surface area contributed by atoms with Crippen molar-refractivity contribution in [3.05, 3.63) is 22.9 Å². The lowest BCUT2D eigenvalue weighted by molar-refractivity contribution is -0.139. The minimum absolute atomic E-state index is 0.107. The van der Waals surface area contributed by atoms with Crippen molar-refractivity contribution in [2.24, 2.45) is 0 Å². The molecule has 1 rings (SSSR count). The van der Waals surface area contributed by atoms with Gasteiger partial charge in [0.05, 0.1) is 19.1 Å². The number of nitrogens with zero attached hydrogens (tertiary/aromatic N) is 1. The quantitative estimate of drug-likeness (QED) is 0.684. The number of hydrogen-bond donors (Lipinski definition) is 1. The van der Waals surface area contributed by atoms with Crippen LogP contribution in [-0.4, -0.2) is 18.1 Å². The Morgan fingerprint density at radius 1 is 1.65 bits per heavy atom. The van der Waals surface area contributed by atoms with E-state index in [1.54, 1.807) is 0 Å². The van der Waals surface area contributed by atoms with Crippen molar-refractivity contribution < 1.29 is 18.3 Å². The van der Waals surface area contributed by atoms with Crippen LogP contribution in [0.3, 0.4) is 0 Å².